The van der Waals surface area contributed by atoms with Crippen LogP contribution in [0.5, 0.6) is 0 Å². The molecule has 66 valence electrons. The number of hydrogen-bond acceptors (Lipinski definition) is 1. The zero-order valence-corrected chi connectivity index (χ0v) is 12.5. The molecule has 1 saturated heterocycles. The molecule has 1 aliphatic rings. The van der Waals surface area contributed by atoms with Crippen LogP contribution in [0.2, 0.25) is 0 Å². The molecule has 1 rings (SSSR count). The maximum Gasteiger partial charge on any atom is 0.0973 e. The lowest BCUT2D eigenvalue weighted by Gasteiger charge is -2.38. The molecule has 0 radical (unpaired) electrons. The third kappa shape index (κ3) is 2.82. The summed E-state index contributed by atoms with van der Waals surface area (Å²) in [6.45, 7) is 5.18. The van der Waals surface area contributed by atoms with E-state index in [1.54, 1.807) is 0 Å². The van der Waals surface area contributed by atoms with Gasteiger partial charge in [0.15, 0.2) is 0 Å². The molecule has 0 amide bonds. The van der Waals surface area contributed by atoms with Gasteiger partial charge < -0.3 is 4.57 Å². The molecule has 0 aromatic heterocycles. The largest absolute Gasteiger partial charge is 0.326 e. The fourth-order valence-electron chi connectivity index (χ4n) is 2.01. The quantitative estimate of drug-likeness (QED) is 0.413. The van der Waals surface area contributed by atoms with Gasteiger partial charge in [-0.2, -0.15) is 0 Å². The number of rotatable bonds is 2. The van der Waals surface area contributed by atoms with Crippen LogP contribution in [0, 0.1) is 0 Å². The van der Waals surface area contributed by atoms with Gasteiger partial charge in [0.05, 0.1) is 15.7 Å². The first kappa shape index (κ1) is 10.2. The SMILES string of the molecule is CC1CCCC(C)N1[SiH2][SiH2]I. The predicted octanol–water partition coefficient (Wildman–Crippen LogP) is 0.767. The molecule has 0 aromatic carbocycles. The van der Waals surface area contributed by atoms with E-state index in [0.717, 1.165) is 12.1 Å². The van der Waals surface area contributed by atoms with Crippen molar-refractivity contribution in [3.63, 3.8) is 0 Å². The zero-order valence-electron chi connectivity index (χ0n) is 7.52. The number of halogens is 1. The number of piperidine rings is 1. The van der Waals surface area contributed by atoms with E-state index in [4.69, 9.17) is 0 Å². The summed E-state index contributed by atoms with van der Waals surface area (Å²) >= 11 is 2.67. The van der Waals surface area contributed by atoms with Crippen molar-refractivity contribution in [2.24, 2.45) is 0 Å². The molecule has 1 aliphatic heterocycles. The Hall–Kier alpha value is 1.12. The van der Waals surface area contributed by atoms with Gasteiger partial charge in [-0.3, -0.25) is 0 Å². The van der Waals surface area contributed by atoms with Crippen LogP contribution in [-0.4, -0.2) is 32.4 Å². The first-order valence-corrected chi connectivity index (χ1v) is 14.3. The van der Waals surface area contributed by atoms with Gasteiger partial charge in [0, 0.05) is 0 Å². The third-order valence-corrected chi connectivity index (χ3v) is 11.0. The average Bonchev–Trinajstić information content (AvgIpc) is 1.97. The molecule has 0 spiro atoms. The molecule has 2 unspecified atom stereocenters. The standard InChI is InChI=1S/C7H18INSi2/c1-6-4-3-5-7(2)9(6)11-10-8/h6-7H,3-5,10-11H2,1-2H3. The highest BCUT2D eigenvalue weighted by Crippen LogP contribution is 2.20. The van der Waals surface area contributed by atoms with Gasteiger partial charge in [-0.15, -0.1) is 21.8 Å². The highest BCUT2D eigenvalue weighted by Gasteiger charge is 2.23. The second-order valence-electron chi connectivity index (χ2n) is 3.56. The van der Waals surface area contributed by atoms with Crippen molar-refractivity contribution >= 4 is 37.5 Å². The van der Waals surface area contributed by atoms with Crippen LogP contribution < -0.4 is 0 Å². The monoisotopic (exact) mass is 299 g/mol. The van der Waals surface area contributed by atoms with E-state index in [2.05, 4.69) is 40.2 Å². The second kappa shape index (κ2) is 4.98. The number of hydrogen-bond donors (Lipinski definition) is 0. The molecule has 1 fully saturated rings. The summed E-state index contributed by atoms with van der Waals surface area (Å²) < 4.78 is 2.85. The summed E-state index contributed by atoms with van der Waals surface area (Å²) in [4.78, 5) is 0. The van der Waals surface area contributed by atoms with Gasteiger partial charge >= 0.3 is 0 Å². The molecule has 0 saturated carbocycles. The minimum absolute atomic E-state index is 0.240. The van der Waals surface area contributed by atoms with Gasteiger partial charge in [-0.25, -0.2) is 0 Å². The predicted molar refractivity (Wildman–Crippen MR) is 65.7 cm³/mol. The molecule has 4 heteroatoms. The van der Waals surface area contributed by atoms with Gasteiger partial charge in [-0.1, -0.05) is 20.3 Å². The summed E-state index contributed by atoms with van der Waals surface area (Å²) in [7, 11) is 0.240. The topological polar surface area (TPSA) is 3.24 Å². The lowest BCUT2D eigenvalue weighted by Crippen LogP contribution is -2.47. The zero-order chi connectivity index (χ0) is 8.27. The van der Waals surface area contributed by atoms with E-state index in [-0.39, 0.29) is 9.20 Å². The molecule has 0 aromatic rings. The van der Waals surface area contributed by atoms with Crippen molar-refractivity contribution in [1.29, 1.82) is 0 Å². The fraction of sp³-hybridized carbons (Fsp3) is 1.00. The first-order chi connectivity index (χ1) is 5.25. The van der Waals surface area contributed by atoms with E-state index in [9.17, 15) is 0 Å². The molecular weight excluding hydrogens is 281 g/mol. The van der Waals surface area contributed by atoms with Crippen LogP contribution in [0.3, 0.4) is 0 Å². The maximum atomic E-state index is 2.85. The summed E-state index contributed by atoms with van der Waals surface area (Å²) in [5, 5.41) is 0. The molecule has 0 bridgehead atoms. The highest BCUT2D eigenvalue weighted by atomic mass is 127. The highest BCUT2D eigenvalue weighted by molar-refractivity contribution is 14.1. The molecule has 1 heterocycles. The number of nitrogens with zero attached hydrogens (tertiary/aromatic N) is 1. The Morgan fingerprint density at radius 3 is 2.27 bits per heavy atom. The molecule has 0 aliphatic carbocycles. The smallest absolute Gasteiger partial charge is 0.0973 e. The van der Waals surface area contributed by atoms with Gasteiger partial charge in [0.1, 0.15) is 0 Å². The fourth-order valence-corrected chi connectivity index (χ4v) is 11.7. The van der Waals surface area contributed by atoms with Crippen LogP contribution >= 0.6 is 21.8 Å². The second-order valence-corrected chi connectivity index (χ2v) is 17.3. The van der Waals surface area contributed by atoms with Crippen LogP contribution in [0.15, 0.2) is 0 Å². The van der Waals surface area contributed by atoms with Gasteiger partial charge in [0.25, 0.3) is 0 Å². The summed E-state index contributed by atoms with van der Waals surface area (Å²) in [5.41, 5.74) is 0. The van der Waals surface area contributed by atoms with Crippen molar-refractivity contribution in [3.8, 4) is 0 Å². The van der Waals surface area contributed by atoms with Crippen molar-refractivity contribution in [3.05, 3.63) is 0 Å². The molecule has 1 nitrogen and oxygen atoms in total. The van der Waals surface area contributed by atoms with Crippen molar-refractivity contribution in [2.45, 2.75) is 45.2 Å². The molecular formula is C7H18INSi2. The minimum atomic E-state index is 0.240. The van der Waals surface area contributed by atoms with E-state index >= 15 is 0 Å². The van der Waals surface area contributed by atoms with E-state index in [1.165, 1.54) is 19.3 Å². The van der Waals surface area contributed by atoms with Crippen LogP contribution in [0.4, 0.5) is 0 Å². The van der Waals surface area contributed by atoms with Crippen molar-refractivity contribution in [2.75, 3.05) is 0 Å². The van der Waals surface area contributed by atoms with E-state index in [0.29, 0.717) is 6.53 Å². The summed E-state index contributed by atoms with van der Waals surface area (Å²) in [6.07, 6.45) is 4.39. The summed E-state index contributed by atoms with van der Waals surface area (Å²) in [6, 6.07) is 1.85. The normalized spacial score (nSPS) is 36.3. The Labute approximate surface area is 87.0 Å². The molecule has 2 atom stereocenters. The Kier molecular flexibility index (Phi) is 4.62. The average molecular weight is 299 g/mol. The lowest BCUT2D eigenvalue weighted by atomic mass is 10.0. The summed E-state index contributed by atoms with van der Waals surface area (Å²) in [5.74, 6) is 0. The van der Waals surface area contributed by atoms with Gasteiger partial charge in [0.2, 0.25) is 0 Å². The van der Waals surface area contributed by atoms with E-state index in [1.807, 2.05) is 0 Å². The van der Waals surface area contributed by atoms with Gasteiger partial charge in [-0.05, 0) is 24.9 Å². The Balaban J connectivity index is 2.41. The third-order valence-electron chi connectivity index (χ3n) is 2.72. The molecule has 11 heavy (non-hydrogen) atoms. The van der Waals surface area contributed by atoms with Crippen LogP contribution in [-0.2, 0) is 0 Å². The Morgan fingerprint density at radius 1 is 1.27 bits per heavy atom. The van der Waals surface area contributed by atoms with Crippen molar-refractivity contribution in [1.82, 2.24) is 4.57 Å². The Bertz CT molecular complexity index is 113. The lowest BCUT2D eigenvalue weighted by molar-refractivity contribution is 0.209. The van der Waals surface area contributed by atoms with Crippen LogP contribution in [0.1, 0.15) is 33.1 Å². The van der Waals surface area contributed by atoms with Crippen LogP contribution in [0.25, 0.3) is 0 Å². The molecule has 0 N–H and O–H groups in total. The first-order valence-electron chi connectivity index (χ1n) is 4.57. The minimum Gasteiger partial charge on any atom is -0.326 e. The Morgan fingerprint density at radius 2 is 1.82 bits per heavy atom. The maximum absolute atomic E-state index is 2.85. The van der Waals surface area contributed by atoms with Crippen molar-refractivity contribution < 1.29 is 0 Å². The van der Waals surface area contributed by atoms with E-state index < -0.39 is 0 Å².